The van der Waals surface area contributed by atoms with E-state index in [-0.39, 0.29) is 17.7 Å². The van der Waals surface area contributed by atoms with Gasteiger partial charge in [-0.3, -0.25) is 9.69 Å². The highest BCUT2D eigenvalue weighted by atomic mass is 16.3. The van der Waals surface area contributed by atoms with E-state index in [1.54, 1.807) is 12.1 Å². The van der Waals surface area contributed by atoms with E-state index in [0.29, 0.717) is 11.6 Å². The third-order valence-electron chi connectivity index (χ3n) is 4.83. The third kappa shape index (κ3) is 2.77. The molecule has 0 bridgehead atoms. The molecule has 0 aromatic heterocycles. The van der Waals surface area contributed by atoms with E-state index >= 15 is 0 Å². The second-order valence-electron chi connectivity index (χ2n) is 6.47. The molecule has 2 atom stereocenters. The summed E-state index contributed by atoms with van der Waals surface area (Å²) in [7, 11) is 0. The van der Waals surface area contributed by atoms with E-state index in [1.165, 1.54) is 19.3 Å². The summed E-state index contributed by atoms with van der Waals surface area (Å²) in [6.07, 6.45) is 3.71. The summed E-state index contributed by atoms with van der Waals surface area (Å²) in [6.45, 7) is 6.91. The molecule has 21 heavy (non-hydrogen) atoms. The van der Waals surface area contributed by atoms with Crippen LogP contribution < -0.4 is 0 Å². The van der Waals surface area contributed by atoms with Crippen LogP contribution in [0.25, 0.3) is 0 Å². The molecule has 1 aromatic rings. The van der Waals surface area contributed by atoms with E-state index in [1.807, 2.05) is 17.9 Å². The minimum absolute atomic E-state index is 0.0368. The standard InChI is InChI=1S/C17H24N2O2/c1-12-6-7-15(16(20)9-12)17(21)19-11-14-5-3-4-8-18(14)10-13(19)2/h6-7,9,13-14,20H,3-5,8,10-11H2,1-2H3. The molecule has 0 saturated carbocycles. The number of rotatable bonds is 1. The molecule has 0 aliphatic carbocycles. The van der Waals surface area contributed by atoms with Crippen LogP contribution >= 0.6 is 0 Å². The molecule has 2 heterocycles. The number of phenolic OH excluding ortho intramolecular Hbond substituents is 1. The Kier molecular flexibility index (Phi) is 3.89. The van der Waals surface area contributed by atoms with Gasteiger partial charge in [0.05, 0.1) is 5.56 Å². The van der Waals surface area contributed by atoms with Crippen LogP contribution in [0.1, 0.15) is 42.1 Å². The van der Waals surface area contributed by atoms with E-state index in [9.17, 15) is 9.90 Å². The van der Waals surface area contributed by atoms with Crippen LogP contribution in [0.5, 0.6) is 5.75 Å². The van der Waals surface area contributed by atoms with Crippen LogP contribution in [0.4, 0.5) is 0 Å². The number of nitrogens with zero attached hydrogens (tertiary/aromatic N) is 2. The number of benzene rings is 1. The molecule has 3 rings (SSSR count). The highest BCUT2D eigenvalue weighted by Gasteiger charge is 2.36. The number of carbonyl (C=O) groups is 1. The molecule has 2 saturated heterocycles. The van der Waals surface area contributed by atoms with Crippen LogP contribution in [-0.4, -0.2) is 52.5 Å². The van der Waals surface area contributed by atoms with Crippen molar-refractivity contribution in [3.8, 4) is 5.75 Å². The maximum Gasteiger partial charge on any atom is 0.257 e. The molecule has 0 spiro atoms. The molecular formula is C17H24N2O2. The van der Waals surface area contributed by atoms with Crippen molar-refractivity contribution in [2.75, 3.05) is 19.6 Å². The maximum absolute atomic E-state index is 12.8. The second-order valence-corrected chi connectivity index (χ2v) is 6.47. The van der Waals surface area contributed by atoms with Crippen molar-refractivity contribution in [3.63, 3.8) is 0 Å². The first-order chi connectivity index (χ1) is 10.1. The molecule has 4 heteroatoms. The maximum atomic E-state index is 12.8. The first-order valence-corrected chi connectivity index (χ1v) is 7.91. The Morgan fingerprint density at radius 1 is 1.29 bits per heavy atom. The Bertz CT molecular complexity index is 544. The minimum Gasteiger partial charge on any atom is -0.507 e. The number of carbonyl (C=O) groups excluding carboxylic acids is 1. The molecule has 2 aliphatic rings. The van der Waals surface area contributed by atoms with Gasteiger partial charge in [-0.15, -0.1) is 0 Å². The lowest BCUT2D eigenvalue weighted by Crippen LogP contribution is -2.60. The van der Waals surface area contributed by atoms with Gasteiger partial charge < -0.3 is 10.0 Å². The highest BCUT2D eigenvalue weighted by molar-refractivity contribution is 5.97. The van der Waals surface area contributed by atoms with E-state index in [0.717, 1.165) is 25.2 Å². The molecule has 2 fully saturated rings. The van der Waals surface area contributed by atoms with Gasteiger partial charge in [-0.05, 0) is 50.9 Å². The van der Waals surface area contributed by atoms with Gasteiger partial charge in [-0.2, -0.15) is 0 Å². The zero-order valence-corrected chi connectivity index (χ0v) is 12.9. The molecule has 114 valence electrons. The van der Waals surface area contributed by atoms with Crippen molar-refractivity contribution in [2.45, 2.75) is 45.2 Å². The molecule has 0 radical (unpaired) electrons. The molecule has 2 unspecified atom stereocenters. The summed E-state index contributed by atoms with van der Waals surface area (Å²) in [5.41, 5.74) is 1.39. The molecular weight excluding hydrogens is 264 g/mol. The summed E-state index contributed by atoms with van der Waals surface area (Å²) in [5, 5.41) is 10.1. The van der Waals surface area contributed by atoms with Gasteiger partial charge >= 0.3 is 0 Å². The van der Waals surface area contributed by atoms with Crippen LogP contribution in [0.3, 0.4) is 0 Å². The number of piperazine rings is 1. The predicted octanol–water partition coefficient (Wildman–Crippen LogP) is 2.40. The normalized spacial score (nSPS) is 26.5. The lowest BCUT2D eigenvalue weighted by molar-refractivity contribution is 0.0150. The number of hydrogen-bond acceptors (Lipinski definition) is 3. The Hall–Kier alpha value is -1.55. The van der Waals surface area contributed by atoms with E-state index in [2.05, 4.69) is 11.8 Å². The van der Waals surface area contributed by atoms with Gasteiger partial charge in [-0.1, -0.05) is 12.5 Å². The SMILES string of the molecule is Cc1ccc(C(=O)N2CC3CCCCN3CC2C)c(O)c1. The van der Waals surface area contributed by atoms with Gasteiger partial charge in [0.25, 0.3) is 5.91 Å². The van der Waals surface area contributed by atoms with Gasteiger partial charge in [0.15, 0.2) is 0 Å². The fourth-order valence-electron chi connectivity index (χ4n) is 3.61. The van der Waals surface area contributed by atoms with Gasteiger partial charge in [0.1, 0.15) is 5.75 Å². The number of aromatic hydroxyl groups is 1. The van der Waals surface area contributed by atoms with Crippen LogP contribution in [0.2, 0.25) is 0 Å². The quantitative estimate of drug-likeness (QED) is 0.863. The number of aryl methyl sites for hydroxylation is 1. The van der Waals surface area contributed by atoms with Crippen molar-refractivity contribution in [2.24, 2.45) is 0 Å². The average molecular weight is 288 g/mol. The topological polar surface area (TPSA) is 43.8 Å². The summed E-state index contributed by atoms with van der Waals surface area (Å²) in [4.78, 5) is 17.2. The molecule has 4 nitrogen and oxygen atoms in total. The Labute approximate surface area is 126 Å². The van der Waals surface area contributed by atoms with Crippen molar-refractivity contribution in [1.29, 1.82) is 0 Å². The monoisotopic (exact) mass is 288 g/mol. The molecule has 1 aromatic carbocycles. The van der Waals surface area contributed by atoms with Crippen LogP contribution in [-0.2, 0) is 0 Å². The molecule has 1 N–H and O–H groups in total. The van der Waals surface area contributed by atoms with Gasteiger partial charge in [0, 0.05) is 25.2 Å². The Morgan fingerprint density at radius 2 is 2.10 bits per heavy atom. The first kappa shape index (κ1) is 14.4. The van der Waals surface area contributed by atoms with Crippen LogP contribution in [0.15, 0.2) is 18.2 Å². The number of phenols is 1. The molecule has 2 aliphatic heterocycles. The summed E-state index contributed by atoms with van der Waals surface area (Å²) >= 11 is 0. The highest BCUT2D eigenvalue weighted by Crippen LogP contribution is 2.27. The van der Waals surface area contributed by atoms with Gasteiger partial charge in [0.2, 0.25) is 0 Å². The van der Waals surface area contributed by atoms with Crippen molar-refractivity contribution in [3.05, 3.63) is 29.3 Å². The molecule has 1 amide bonds. The minimum atomic E-state index is -0.0368. The first-order valence-electron chi connectivity index (χ1n) is 7.91. The summed E-state index contributed by atoms with van der Waals surface area (Å²) < 4.78 is 0. The summed E-state index contributed by atoms with van der Waals surface area (Å²) in [5.74, 6) is 0.0588. The number of amides is 1. The second kappa shape index (κ2) is 5.68. The Balaban J connectivity index is 1.80. The van der Waals surface area contributed by atoms with Crippen LogP contribution in [0, 0.1) is 6.92 Å². The lowest BCUT2D eigenvalue weighted by Gasteiger charge is -2.47. The number of piperidine rings is 1. The van der Waals surface area contributed by atoms with Crippen molar-refractivity contribution in [1.82, 2.24) is 9.80 Å². The number of hydrogen-bond donors (Lipinski definition) is 1. The smallest absolute Gasteiger partial charge is 0.257 e. The Morgan fingerprint density at radius 3 is 2.86 bits per heavy atom. The summed E-state index contributed by atoms with van der Waals surface area (Å²) in [6, 6.07) is 5.98. The average Bonchev–Trinajstić information content (AvgIpc) is 2.46. The van der Waals surface area contributed by atoms with Gasteiger partial charge in [-0.25, -0.2) is 0 Å². The lowest BCUT2D eigenvalue weighted by atomic mass is 9.96. The zero-order valence-electron chi connectivity index (χ0n) is 12.9. The largest absolute Gasteiger partial charge is 0.507 e. The van der Waals surface area contributed by atoms with Crippen molar-refractivity contribution < 1.29 is 9.90 Å². The fraction of sp³-hybridized carbons (Fsp3) is 0.588. The number of fused-ring (bicyclic) bond motifs is 1. The third-order valence-corrected chi connectivity index (χ3v) is 4.83. The van der Waals surface area contributed by atoms with Crippen molar-refractivity contribution >= 4 is 5.91 Å². The van der Waals surface area contributed by atoms with E-state index < -0.39 is 0 Å². The predicted molar refractivity (Wildman–Crippen MR) is 82.6 cm³/mol. The van der Waals surface area contributed by atoms with E-state index in [4.69, 9.17) is 0 Å². The zero-order chi connectivity index (χ0) is 15.0. The fourth-order valence-corrected chi connectivity index (χ4v) is 3.61.